The summed E-state index contributed by atoms with van der Waals surface area (Å²) in [6.07, 6.45) is 8.34. The normalized spacial score (nSPS) is 32.8. The van der Waals surface area contributed by atoms with E-state index in [2.05, 4.69) is 17.3 Å². The number of ether oxygens (including phenoxy) is 1. The third-order valence-electron chi connectivity index (χ3n) is 4.54. The second kappa shape index (κ2) is 6.72. The van der Waals surface area contributed by atoms with Gasteiger partial charge in [0, 0.05) is 13.2 Å². The second-order valence-corrected chi connectivity index (χ2v) is 5.86. The Morgan fingerprint density at radius 2 is 1.71 bits per heavy atom. The van der Waals surface area contributed by atoms with E-state index in [1.165, 1.54) is 58.2 Å². The number of nitrogens with zero attached hydrogens (tertiary/aromatic N) is 1. The lowest BCUT2D eigenvalue weighted by Crippen LogP contribution is -2.40. The molecule has 1 N–H and O–H groups in total. The highest BCUT2D eigenvalue weighted by Gasteiger charge is 2.22. The summed E-state index contributed by atoms with van der Waals surface area (Å²) in [6, 6.07) is 0.751. The molecule has 0 atom stereocenters. The summed E-state index contributed by atoms with van der Waals surface area (Å²) >= 11 is 0. The first-order valence-electron chi connectivity index (χ1n) is 7.22. The van der Waals surface area contributed by atoms with Gasteiger partial charge in [0.25, 0.3) is 0 Å². The van der Waals surface area contributed by atoms with Crippen molar-refractivity contribution in [2.45, 2.75) is 50.7 Å². The van der Waals surface area contributed by atoms with Crippen LogP contribution in [-0.4, -0.2) is 50.8 Å². The van der Waals surface area contributed by atoms with Crippen LogP contribution in [0.1, 0.15) is 38.5 Å². The first-order valence-corrected chi connectivity index (χ1v) is 7.22. The van der Waals surface area contributed by atoms with Crippen LogP contribution in [-0.2, 0) is 4.74 Å². The molecule has 1 heterocycles. The van der Waals surface area contributed by atoms with Crippen molar-refractivity contribution in [3.8, 4) is 0 Å². The van der Waals surface area contributed by atoms with Crippen molar-refractivity contribution in [2.75, 3.05) is 33.8 Å². The van der Waals surface area contributed by atoms with Gasteiger partial charge in [-0.3, -0.25) is 0 Å². The summed E-state index contributed by atoms with van der Waals surface area (Å²) in [7, 11) is 4.08. The van der Waals surface area contributed by atoms with Gasteiger partial charge in [0.05, 0.1) is 6.10 Å². The number of piperidine rings is 1. The Balaban J connectivity index is 1.59. The molecule has 0 aromatic rings. The second-order valence-electron chi connectivity index (χ2n) is 5.86. The highest BCUT2D eigenvalue weighted by molar-refractivity contribution is 4.79. The molecule has 100 valence electrons. The summed E-state index contributed by atoms with van der Waals surface area (Å²) in [6.45, 7) is 3.79. The molecule has 1 saturated carbocycles. The Morgan fingerprint density at radius 3 is 2.29 bits per heavy atom. The lowest BCUT2D eigenvalue weighted by atomic mass is 9.91. The number of hydrogen-bond donors (Lipinski definition) is 1. The van der Waals surface area contributed by atoms with Crippen molar-refractivity contribution in [1.29, 1.82) is 0 Å². The van der Waals surface area contributed by atoms with Crippen LogP contribution in [0.25, 0.3) is 0 Å². The summed E-state index contributed by atoms with van der Waals surface area (Å²) < 4.78 is 5.41. The highest BCUT2D eigenvalue weighted by atomic mass is 16.5. The Hall–Kier alpha value is -0.120. The topological polar surface area (TPSA) is 24.5 Å². The molecule has 1 aliphatic heterocycles. The van der Waals surface area contributed by atoms with E-state index < -0.39 is 0 Å². The van der Waals surface area contributed by atoms with Gasteiger partial charge in [0.1, 0.15) is 0 Å². The van der Waals surface area contributed by atoms with Crippen LogP contribution in [0, 0.1) is 5.92 Å². The number of likely N-dealkylation sites (tertiary alicyclic amines) is 1. The minimum Gasteiger partial charge on any atom is -0.381 e. The Labute approximate surface area is 106 Å². The number of methoxy groups -OCH3 is 1. The standard InChI is InChI=1S/C14H28N2O/c1-16-9-7-12(8-10-16)11-15-13-3-5-14(17-2)6-4-13/h12-15H,3-11H2,1-2H3. The molecule has 2 aliphatic rings. The molecule has 3 heteroatoms. The summed E-state index contributed by atoms with van der Waals surface area (Å²) in [4.78, 5) is 2.44. The first kappa shape index (κ1) is 13.3. The molecule has 0 bridgehead atoms. The fraction of sp³-hybridized carbons (Fsp3) is 1.00. The van der Waals surface area contributed by atoms with Gasteiger partial charge in [0.2, 0.25) is 0 Å². The van der Waals surface area contributed by atoms with Crippen molar-refractivity contribution in [1.82, 2.24) is 10.2 Å². The van der Waals surface area contributed by atoms with Crippen LogP contribution in [0.3, 0.4) is 0 Å². The van der Waals surface area contributed by atoms with Gasteiger partial charge in [-0.15, -0.1) is 0 Å². The Kier molecular flexibility index (Phi) is 5.26. The molecule has 1 saturated heterocycles. The zero-order chi connectivity index (χ0) is 12.1. The van der Waals surface area contributed by atoms with Crippen LogP contribution in [0.15, 0.2) is 0 Å². The number of rotatable bonds is 4. The molecule has 0 amide bonds. The average molecular weight is 240 g/mol. The summed E-state index contributed by atoms with van der Waals surface area (Å²) in [5, 5.41) is 3.78. The third-order valence-corrected chi connectivity index (χ3v) is 4.54. The Bertz CT molecular complexity index is 206. The van der Waals surface area contributed by atoms with E-state index in [0.29, 0.717) is 6.10 Å². The van der Waals surface area contributed by atoms with Gasteiger partial charge in [-0.05, 0) is 71.1 Å². The van der Waals surface area contributed by atoms with Crippen molar-refractivity contribution < 1.29 is 4.74 Å². The Morgan fingerprint density at radius 1 is 1.06 bits per heavy atom. The maximum atomic E-state index is 5.41. The SMILES string of the molecule is COC1CCC(NCC2CCN(C)CC2)CC1. The van der Waals surface area contributed by atoms with Crippen molar-refractivity contribution >= 4 is 0 Å². The highest BCUT2D eigenvalue weighted by Crippen LogP contribution is 2.21. The van der Waals surface area contributed by atoms with E-state index in [1.807, 2.05) is 7.11 Å². The van der Waals surface area contributed by atoms with Gasteiger partial charge in [-0.2, -0.15) is 0 Å². The predicted molar refractivity (Wildman–Crippen MR) is 71.3 cm³/mol. The molecule has 3 nitrogen and oxygen atoms in total. The van der Waals surface area contributed by atoms with Crippen LogP contribution in [0.5, 0.6) is 0 Å². The summed E-state index contributed by atoms with van der Waals surface area (Å²) in [5.74, 6) is 0.909. The van der Waals surface area contributed by atoms with Gasteiger partial charge in [-0.25, -0.2) is 0 Å². The minimum absolute atomic E-state index is 0.524. The van der Waals surface area contributed by atoms with E-state index in [0.717, 1.165) is 12.0 Å². The third kappa shape index (κ3) is 4.23. The van der Waals surface area contributed by atoms with Crippen LogP contribution >= 0.6 is 0 Å². The largest absolute Gasteiger partial charge is 0.381 e. The number of hydrogen-bond acceptors (Lipinski definition) is 3. The zero-order valence-corrected chi connectivity index (χ0v) is 11.5. The molecule has 2 rings (SSSR count). The maximum Gasteiger partial charge on any atom is 0.0572 e. The molecule has 0 radical (unpaired) electrons. The predicted octanol–water partition coefficient (Wildman–Crippen LogP) is 1.88. The van der Waals surface area contributed by atoms with Crippen LogP contribution in [0.4, 0.5) is 0 Å². The maximum absolute atomic E-state index is 5.41. The van der Waals surface area contributed by atoms with Gasteiger partial charge >= 0.3 is 0 Å². The van der Waals surface area contributed by atoms with E-state index >= 15 is 0 Å². The zero-order valence-electron chi connectivity index (χ0n) is 11.5. The van der Waals surface area contributed by atoms with Crippen molar-refractivity contribution in [3.63, 3.8) is 0 Å². The lowest BCUT2D eigenvalue weighted by molar-refractivity contribution is 0.0616. The van der Waals surface area contributed by atoms with Gasteiger partial charge < -0.3 is 15.0 Å². The molecule has 0 aromatic heterocycles. The molecule has 1 aliphatic carbocycles. The monoisotopic (exact) mass is 240 g/mol. The van der Waals surface area contributed by atoms with Crippen molar-refractivity contribution in [2.24, 2.45) is 5.92 Å². The quantitative estimate of drug-likeness (QED) is 0.812. The molecule has 17 heavy (non-hydrogen) atoms. The fourth-order valence-corrected chi connectivity index (χ4v) is 3.10. The van der Waals surface area contributed by atoms with Crippen LogP contribution < -0.4 is 5.32 Å². The van der Waals surface area contributed by atoms with Gasteiger partial charge in [0.15, 0.2) is 0 Å². The molecular weight excluding hydrogens is 212 g/mol. The van der Waals surface area contributed by atoms with Crippen LogP contribution in [0.2, 0.25) is 0 Å². The number of nitrogens with one attached hydrogen (secondary N) is 1. The van der Waals surface area contributed by atoms with E-state index in [4.69, 9.17) is 4.74 Å². The average Bonchev–Trinajstić information content (AvgIpc) is 2.39. The smallest absolute Gasteiger partial charge is 0.0572 e. The van der Waals surface area contributed by atoms with Gasteiger partial charge in [-0.1, -0.05) is 0 Å². The van der Waals surface area contributed by atoms with E-state index in [1.54, 1.807) is 0 Å². The fourth-order valence-electron chi connectivity index (χ4n) is 3.10. The summed E-state index contributed by atoms with van der Waals surface area (Å²) in [5.41, 5.74) is 0. The van der Waals surface area contributed by atoms with Crippen molar-refractivity contribution in [3.05, 3.63) is 0 Å². The molecule has 2 fully saturated rings. The lowest BCUT2D eigenvalue weighted by Gasteiger charge is -2.32. The van der Waals surface area contributed by atoms with E-state index in [-0.39, 0.29) is 0 Å². The minimum atomic E-state index is 0.524. The molecule has 0 unspecified atom stereocenters. The first-order chi connectivity index (χ1) is 8.28. The molecule has 0 aromatic carbocycles. The molecular formula is C14H28N2O. The molecule has 0 spiro atoms. The van der Waals surface area contributed by atoms with E-state index in [9.17, 15) is 0 Å².